The summed E-state index contributed by atoms with van der Waals surface area (Å²) in [5.41, 5.74) is 3.95. The molecule has 0 saturated heterocycles. The zero-order chi connectivity index (χ0) is 7.84. The van der Waals surface area contributed by atoms with E-state index < -0.39 is 0 Å². The van der Waals surface area contributed by atoms with Crippen molar-refractivity contribution in [2.45, 2.75) is 13.3 Å². The first-order valence-electron chi connectivity index (χ1n) is 3.80. The van der Waals surface area contributed by atoms with Crippen molar-refractivity contribution in [3.05, 3.63) is 28.3 Å². The highest BCUT2D eigenvalue weighted by Crippen LogP contribution is 2.28. The molecule has 0 aromatic heterocycles. The Labute approximate surface area is 71.4 Å². The minimum absolute atomic E-state index is 0.829. The van der Waals surface area contributed by atoms with Crippen molar-refractivity contribution in [1.29, 1.82) is 0 Å². The lowest BCUT2D eigenvalue weighted by Crippen LogP contribution is -1.90. The normalized spacial score (nSPS) is 14.4. The van der Waals surface area contributed by atoms with Crippen LogP contribution in [-0.2, 0) is 6.42 Å². The number of hydrogen-bond donors (Lipinski definition) is 1. The van der Waals surface area contributed by atoms with Gasteiger partial charge in [0, 0.05) is 17.3 Å². The van der Waals surface area contributed by atoms with Crippen LogP contribution in [0, 0.1) is 6.92 Å². The molecule has 0 fully saturated rings. The van der Waals surface area contributed by atoms with Gasteiger partial charge in [0.1, 0.15) is 0 Å². The molecule has 0 radical (unpaired) electrons. The molecule has 1 nitrogen and oxygen atoms in total. The average molecular weight is 168 g/mol. The monoisotopic (exact) mass is 167 g/mol. The van der Waals surface area contributed by atoms with Gasteiger partial charge in [-0.05, 0) is 36.6 Å². The van der Waals surface area contributed by atoms with E-state index in [1.54, 1.807) is 0 Å². The lowest BCUT2D eigenvalue weighted by Gasteiger charge is -2.03. The molecule has 1 aliphatic rings. The Kier molecular flexibility index (Phi) is 1.53. The standard InChI is InChI=1S/C9H10ClN/c1-6-4-7(10)5-9-8(6)2-3-11-9/h4-5,11H,2-3H2,1H3. The van der Waals surface area contributed by atoms with Crippen LogP contribution in [0.15, 0.2) is 12.1 Å². The largest absolute Gasteiger partial charge is 0.384 e. The topological polar surface area (TPSA) is 12.0 Å². The fourth-order valence-electron chi connectivity index (χ4n) is 1.58. The third-order valence-corrected chi connectivity index (χ3v) is 2.35. The second-order valence-corrected chi connectivity index (χ2v) is 3.36. The molecule has 58 valence electrons. The second-order valence-electron chi connectivity index (χ2n) is 2.93. The Hall–Kier alpha value is -0.690. The quantitative estimate of drug-likeness (QED) is 0.627. The minimum atomic E-state index is 0.829. The van der Waals surface area contributed by atoms with E-state index in [1.165, 1.54) is 16.8 Å². The highest BCUT2D eigenvalue weighted by Gasteiger charge is 2.12. The van der Waals surface area contributed by atoms with Gasteiger partial charge in [-0.1, -0.05) is 11.6 Å². The predicted molar refractivity (Wildman–Crippen MR) is 48.4 cm³/mol. The fraction of sp³-hybridized carbons (Fsp3) is 0.333. The third kappa shape index (κ3) is 1.10. The van der Waals surface area contributed by atoms with Gasteiger partial charge in [-0.3, -0.25) is 0 Å². The maximum absolute atomic E-state index is 5.89. The highest BCUT2D eigenvalue weighted by molar-refractivity contribution is 6.31. The van der Waals surface area contributed by atoms with Crippen LogP contribution in [0.25, 0.3) is 0 Å². The number of benzene rings is 1. The van der Waals surface area contributed by atoms with E-state index in [4.69, 9.17) is 11.6 Å². The van der Waals surface area contributed by atoms with Crippen LogP contribution in [-0.4, -0.2) is 6.54 Å². The first-order chi connectivity index (χ1) is 5.27. The molecule has 11 heavy (non-hydrogen) atoms. The maximum atomic E-state index is 5.89. The number of hydrogen-bond acceptors (Lipinski definition) is 1. The van der Waals surface area contributed by atoms with E-state index in [2.05, 4.69) is 12.2 Å². The summed E-state index contributed by atoms with van der Waals surface area (Å²) in [6, 6.07) is 4.02. The molecule has 0 spiro atoms. The zero-order valence-electron chi connectivity index (χ0n) is 6.45. The zero-order valence-corrected chi connectivity index (χ0v) is 7.20. The minimum Gasteiger partial charge on any atom is -0.384 e. The highest BCUT2D eigenvalue weighted by atomic mass is 35.5. The van der Waals surface area contributed by atoms with Gasteiger partial charge in [-0.25, -0.2) is 0 Å². The van der Waals surface area contributed by atoms with Crippen LogP contribution in [0.3, 0.4) is 0 Å². The van der Waals surface area contributed by atoms with Gasteiger partial charge >= 0.3 is 0 Å². The van der Waals surface area contributed by atoms with Crippen molar-refractivity contribution in [3.63, 3.8) is 0 Å². The fourth-order valence-corrected chi connectivity index (χ4v) is 1.86. The number of rotatable bonds is 0. The molecule has 0 bridgehead atoms. The van der Waals surface area contributed by atoms with E-state index in [0.717, 1.165) is 18.0 Å². The van der Waals surface area contributed by atoms with E-state index in [9.17, 15) is 0 Å². The summed E-state index contributed by atoms with van der Waals surface area (Å²) in [6.45, 7) is 3.16. The van der Waals surface area contributed by atoms with Crippen molar-refractivity contribution in [2.75, 3.05) is 11.9 Å². The van der Waals surface area contributed by atoms with E-state index >= 15 is 0 Å². The van der Waals surface area contributed by atoms with Gasteiger partial charge in [-0.2, -0.15) is 0 Å². The van der Waals surface area contributed by atoms with Crippen molar-refractivity contribution in [2.24, 2.45) is 0 Å². The number of aryl methyl sites for hydroxylation is 1. The van der Waals surface area contributed by atoms with Gasteiger partial charge in [-0.15, -0.1) is 0 Å². The van der Waals surface area contributed by atoms with Crippen LogP contribution in [0.1, 0.15) is 11.1 Å². The Morgan fingerprint density at radius 3 is 3.09 bits per heavy atom. The van der Waals surface area contributed by atoms with Crippen molar-refractivity contribution < 1.29 is 0 Å². The molecule has 0 aliphatic carbocycles. The first-order valence-corrected chi connectivity index (χ1v) is 4.18. The molecule has 0 amide bonds. The van der Waals surface area contributed by atoms with Crippen LogP contribution in [0.2, 0.25) is 5.02 Å². The van der Waals surface area contributed by atoms with Gasteiger partial charge < -0.3 is 5.32 Å². The molecule has 1 N–H and O–H groups in total. The van der Waals surface area contributed by atoms with Gasteiger partial charge in [0.2, 0.25) is 0 Å². The average Bonchev–Trinajstić information content (AvgIpc) is 2.34. The molecule has 2 rings (SSSR count). The van der Waals surface area contributed by atoms with E-state index in [0.29, 0.717) is 0 Å². The predicted octanol–water partition coefficient (Wildman–Crippen LogP) is 2.62. The van der Waals surface area contributed by atoms with Gasteiger partial charge in [0.15, 0.2) is 0 Å². The summed E-state index contributed by atoms with van der Waals surface area (Å²) in [5, 5.41) is 4.13. The summed E-state index contributed by atoms with van der Waals surface area (Å²) >= 11 is 5.89. The smallest absolute Gasteiger partial charge is 0.0429 e. The third-order valence-electron chi connectivity index (χ3n) is 2.13. The summed E-state index contributed by atoms with van der Waals surface area (Å²) < 4.78 is 0. The van der Waals surface area contributed by atoms with Gasteiger partial charge in [0.05, 0.1) is 0 Å². The van der Waals surface area contributed by atoms with Crippen molar-refractivity contribution in [3.8, 4) is 0 Å². The van der Waals surface area contributed by atoms with Crippen LogP contribution >= 0.6 is 11.6 Å². The summed E-state index contributed by atoms with van der Waals surface area (Å²) in [4.78, 5) is 0. The molecule has 1 aliphatic heterocycles. The van der Waals surface area contributed by atoms with Crippen LogP contribution in [0.4, 0.5) is 5.69 Å². The second kappa shape index (κ2) is 2.42. The first kappa shape index (κ1) is 6.99. The molecule has 0 saturated carbocycles. The summed E-state index contributed by atoms with van der Waals surface area (Å²) in [7, 11) is 0. The Morgan fingerprint density at radius 2 is 2.27 bits per heavy atom. The number of halogens is 1. The van der Waals surface area contributed by atoms with Gasteiger partial charge in [0.25, 0.3) is 0 Å². The van der Waals surface area contributed by atoms with Crippen molar-refractivity contribution in [1.82, 2.24) is 0 Å². The Morgan fingerprint density at radius 1 is 1.45 bits per heavy atom. The molecule has 1 aromatic rings. The number of nitrogens with one attached hydrogen (secondary N) is 1. The molecule has 0 atom stereocenters. The molecular weight excluding hydrogens is 158 g/mol. The van der Waals surface area contributed by atoms with E-state index in [-0.39, 0.29) is 0 Å². The number of anilines is 1. The van der Waals surface area contributed by atoms with Crippen LogP contribution < -0.4 is 5.32 Å². The molecule has 2 heteroatoms. The SMILES string of the molecule is Cc1cc(Cl)cc2c1CCN2. The lowest BCUT2D eigenvalue weighted by molar-refractivity contribution is 1.09. The lowest BCUT2D eigenvalue weighted by atomic mass is 10.1. The molecule has 0 unspecified atom stereocenters. The molecular formula is C9H10ClN. The molecule has 1 aromatic carbocycles. The van der Waals surface area contributed by atoms with E-state index in [1.807, 2.05) is 12.1 Å². The van der Waals surface area contributed by atoms with Crippen molar-refractivity contribution >= 4 is 17.3 Å². The summed E-state index contributed by atoms with van der Waals surface area (Å²) in [5.74, 6) is 0. The summed E-state index contributed by atoms with van der Waals surface area (Å²) in [6.07, 6.45) is 1.14. The van der Waals surface area contributed by atoms with Crippen LogP contribution in [0.5, 0.6) is 0 Å². The maximum Gasteiger partial charge on any atom is 0.0429 e. The Bertz CT molecular complexity index is 294. The molecule has 1 heterocycles. The number of fused-ring (bicyclic) bond motifs is 1. The Balaban J connectivity index is 2.60.